The van der Waals surface area contributed by atoms with Gasteiger partial charge in [-0.2, -0.15) is 0 Å². The molecule has 0 spiro atoms. The van der Waals surface area contributed by atoms with Gasteiger partial charge in [-0.15, -0.1) is 0 Å². The van der Waals surface area contributed by atoms with E-state index in [0.29, 0.717) is 11.8 Å². The molecule has 9 heteroatoms. The van der Waals surface area contributed by atoms with Gasteiger partial charge in [-0.3, -0.25) is 4.79 Å². The molecule has 1 aromatic carbocycles. The molecule has 2 N–H and O–H groups in total. The van der Waals surface area contributed by atoms with Crippen LogP contribution < -0.4 is 10.1 Å². The number of methoxy groups -OCH3 is 1. The highest BCUT2D eigenvalue weighted by atomic mass is 32.2. The van der Waals surface area contributed by atoms with E-state index in [-0.39, 0.29) is 17.1 Å². The van der Waals surface area contributed by atoms with Gasteiger partial charge in [-0.1, -0.05) is 12.1 Å². The highest BCUT2D eigenvalue weighted by Gasteiger charge is 2.22. The first kappa shape index (κ1) is 18.5. The monoisotopic (exact) mass is 341 g/mol. The lowest BCUT2D eigenvalue weighted by Crippen LogP contribution is -2.41. The molecule has 0 saturated carbocycles. The van der Waals surface area contributed by atoms with Crippen molar-refractivity contribution in [1.82, 2.24) is 5.32 Å². The van der Waals surface area contributed by atoms with Gasteiger partial charge >= 0.3 is 17.2 Å². The van der Waals surface area contributed by atoms with Gasteiger partial charge in [-0.05, 0) is 23.9 Å². The summed E-state index contributed by atoms with van der Waals surface area (Å²) in [5, 5.41) is 10.3. The summed E-state index contributed by atoms with van der Waals surface area (Å²) in [6.07, 6.45) is 0. The molecule has 8 nitrogen and oxygen atoms in total. The number of carbonyl (C=O) groups excluding carboxylic acids is 3. The zero-order valence-corrected chi connectivity index (χ0v) is 13.2. The van der Waals surface area contributed by atoms with E-state index in [1.54, 1.807) is 12.1 Å². The summed E-state index contributed by atoms with van der Waals surface area (Å²) >= 11 is 0.569. The van der Waals surface area contributed by atoms with E-state index < -0.39 is 29.2 Å². The molecular weight excluding hydrogens is 326 g/mol. The minimum atomic E-state index is -1.27. The number of amides is 1. The van der Waals surface area contributed by atoms with Crippen LogP contribution in [-0.4, -0.2) is 47.2 Å². The van der Waals surface area contributed by atoms with Crippen molar-refractivity contribution < 1.29 is 33.8 Å². The van der Waals surface area contributed by atoms with Crippen LogP contribution in [0.2, 0.25) is 0 Å². The number of carboxylic acid groups (broad SMARTS) is 1. The van der Waals surface area contributed by atoms with Crippen LogP contribution in [0.1, 0.15) is 17.3 Å². The molecule has 0 aromatic heterocycles. The van der Waals surface area contributed by atoms with E-state index in [0.717, 1.165) is 0 Å². The van der Waals surface area contributed by atoms with E-state index in [9.17, 15) is 19.2 Å². The number of hydrogen-bond acceptors (Lipinski definition) is 7. The summed E-state index contributed by atoms with van der Waals surface area (Å²) in [6, 6.07) is 4.76. The number of para-hydroxylation sites is 1. The van der Waals surface area contributed by atoms with Crippen molar-refractivity contribution in [2.24, 2.45) is 0 Å². The largest absolute Gasteiger partial charge is 0.480 e. The second kappa shape index (κ2) is 8.79. The lowest BCUT2D eigenvalue weighted by Gasteiger charge is -2.12. The molecule has 23 heavy (non-hydrogen) atoms. The molecule has 1 amide bonds. The minimum Gasteiger partial charge on any atom is -0.480 e. The standard InChI is InChI=1S/C14H15NO7S/c1-8(16)15-10(12(17)18)7-23-14(20)22-11-6-4-3-5-9(11)13(19)21-2/h3-6,10H,7H2,1-2H3,(H,15,16)(H,17,18)/t10-/m1/s1. The third kappa shape index (κ3) is 5.99. The number of thioether (sulfide) groups is 1. The van der Waals surface area contributed by atoms with Crippen LogP contribution in [-0.2, 0) is 14.3 Å². The van der Waals surface area contributed by atoms with Crippen molar-refractivity contribution in [2.75, 3.05) is 12.9 Å². The molecule has 0 radical (unpaired) electrons. The Hall–Kier alpha value is -2.55. The lowest BCUT2D eigenvalue weighted by atomic mass is 10.2. The molecule has 0 unspecified atom stereocenters. The van der Waals surface area contributed by atoms with Crippen molar-refractivity contribution in [3.63, 3.8) is 0 Å². The number of carboxylic acids is 1. The maximum absolute atomic E-state index is 11.8. The van der Waals surface area contributed by atoms with Crippen LogP contribution >= 0.6 is 11.8 Å². The summed E-state index contributed by atoms with van der Waals surface area (Å²) < 4.78 is 9.59. The molecule has 0 aliphatic heterocycles. The van der Waals surface area contributed by atoms with Crippen LogP contribution in [0.4, 0.5) is 4.79 Å². The second-order valence-electron chi connectivity index (χ2n) is 4.24. The quantitative estimate of drug-likeness (QED) is 0.743. The van der Waals surface area contributed by atoms with E-state index >= 15 is 0 Å². The van der Waals surface area contributed by atoms with Gasteiger partial charge in [0.2, 0.25) is 5.91 Å². The Morgan fingerprint density at radius 2 is 1.91 bits per heavy atom. The predicted octanol–water partition coefficient (Wildman–Crippen LogP) is 1.29. The fraction of sp³-hybridized carbons (Fsp3) is 0.286. The summed E-state index contributed by atoms with van der Waals surface area (Å²) in [5.74, 6) is -2.67. The van der Waals surface area contributed by atoms with Crippen LogP contribution in [0, 0.1) is 0 Å². The third-order valence-electron chi connectivity index (χ3n) is 2.53. The van der Waals surface area contributed by atoms with Gasteiger partial charge in [0.05, 0.1) is 7.11 Å². The first-order valence-electron chi connectivity index (χ1n) is 6.37. The SMILES string of the molecule is COC(=O)c1ccccc1OC(=O)SC[C@@H](NC(C)=O)C(=O)O. The number of nitrogens with one attached hydrogen (secondary N) is 1. The van der Waals surface area contributed by atoms with Crippen molar-refractivity contribution >= 4 is 34.9 Å². The minimum absolute atomic E-state index is 0.00301. The lowest BCUT2D eigenvalue weighted by molar-refractivity contribution is -0.140. The average molecular weight is 341 g/mol. The van der Waals surface area contributed by atoms with Crippen LogP contribution in [0.5, 0.6) is 5.75 Å². The third-order valence-corrected chi connectivity index (χ3v) is 3.35. The smallest absolute Gasteiger partial charge is 0.372 e. The number of ether oxygens (including phenoxy) is 2. The van der Waals surface area contributed by atoms with E-state index in [1.807, 2.05) is 0 Å². The van der Waals surface area contributed by atoms with Crippen molar-refractivity contribution in [2.45, 2.75) is 13.0 Å². The Balaban J connectivity index is 2.68. The maximum atomic E-state index is 11.8. The van der Waals surface area contributed by atoms with Crippen molar-refractivity contribution in [1.29, 1.82) is 0 Å². The molecule has 124 valence electrons. The molecule has 1 rings (SSSR count). The summed E-state index contributed by atoms with van der Waals surface area (Å²) in [5.41, 5.74) is 0.0700. The zero-order chi connectivity index (χ0) is 17.4. The Morgan fingerprint density at radius 1 is 1.26 bits per heavy atom. The van der Waals surface area contributed by atoms with Gasteiger partial charge in [0.1, 0.15) is 17.4 Å². The molecule has 0 bridgehead atoms. The topological polar surface area (TPSA) is 119 Å². The zero-order valence-electron chi connectivity index (χ0n) is 12.4. The van der Waals surface area contributed by atoms with Gasteiger partial charge < -0.3 is 19.9 Å². The van der Waals surface area contributed by atoms with E-state index in [2.05, 4.69) is 10.1 Å². The number of rotatable bonds is 6. The van der Waals surface area contributed by atoms with Crippen molar-refractivity contribution in [3.05, 3.63) is 29.8 Å². The van der Waals surface area contributed by atoms with Gasteiger partial charge in [0.15, 0.2) is 0 Å². The normalized spacial score (nSPS) is 11.2. The van der Waals surface area contributed by atoms with E-state index in [1.165, 1.54) is 26.2 Å². The fourth-order valence-electron chi connectivity index (χ4n) is 1.52. The summed E-state index contributed by atoms with van der Waals surface area (Å²) in [6.45, 7) is 1.17. The molecule has 0 aliphatic rings. The molecule has 0 heterocycles. The van der Waals surface area contributed by atoms with Crippen LogP contribution in [0.25, 0.3) is 0 Å². The Kier molecular flexibility index (Phi) is 7.07. The number of carbonyl (C=O) groups is 4. The van der Waals surface area contributed by atoms with E-state index in [4.69, 9.17) is 9.84 Å². The number of aliphatic carboxylic acids is 1. The highest BCUT2D eigenvalue weighted by Crippen LogP contribution is 2.21. The molecule has 1 atom stereocenters. The maximum Gasteiger partial charge on any atom is 0.372 e. The molecule has 0 saturated heterocycles. The number of hydrogen-bond donors (Lipinski definition) is 2. The fourth-order valence-corrected chi connectivity index (χ4v) is 2.20. The van der Waals surface area contributed by atoms with Crippen LogP contribution in [0.3, 0.4) is 0 Å². The van der Waals surface area contributed by atoms with Gasteiger partial charge in [0, 0.05) is 12.7 Å². The van der Waals surface area contributed by atoms with Gasteiger partial charge in [0.25, 0.3) is 0 Å². The number of esters is 1. The average Bonchev–Trinajstić information content (AvgIpc) is 2.50. The first-order chi connectivity index (χ1) is 10.8. The molecule has 1 aromatic rings. The van der Waals surface area contributed by atoms with Crippen LogP contribution in [0.15, 0.2) is 24.3 Å². The molecular formula is C14H15NO7S. The highest BCUT2D eigenvalue weighted by molar-refractivity contribution is 8.13. The second-order valence-corrected chi connectivity index (χ2v) is 5.20. The first-order valence-corrected chi connectivity index (χ1v) is 7.35. The molecule has 0 aliphatic carbocycles. The summed E-state index contributed by atoms with van der Waals surface area (Å²) in [4.78, 5) is 45.2. The Bertz CT molecular complexity index is 617. The molecule has 0 fully saturated rings. The summed E-state index contributed by atoms with van der Waals surface area (Å²) in [7, 11) is 1.20. The Morgan fingerprint density at radius 3 is 2.48 bits per heavy atom. The van der Waals surface area contributed by atoms with Gasteiger partial charge in [-0.25, -0.2) is 14.4 Å². The Labute approximate surface area is 136 Å². The predicted molar refractivity (Wildman–Crippen MR) is 81.5 cm³/mol. The van der Waals surface area contributed by atoms with Crippen molar-refractivity contribution in [3.8, 4) is 5.75 Å². The number of benzene rings is 1.